The van der Waals surface area contributed by atoms with E-state index in [1.165, 1.54) is 11.1 Å². The fourth-order valence-corrected chi connectivity index (χ4v) is 2.75. The molecule has 1 aromatic heterocycles. The molecule has 1 heterocycles. The van der Waals surface area contributed by atoms with Gasteiger partial charge in [0.25, 0.3) is 0 Å². The second-order valence-electron chi connectivity index (χ2n) is 5.13. The second kappa shape index (κ2) is 5.59. The van der Waals surface area contributed by atoms with Gasteiger partial charge in [-0.15, -0.1) is 0 Å². The van der Waals surface area contributed by atoms with Crippen LogP contribution >= 0.6 is 0 Å². The van der Waals surface area contributed by atoms with Crippen LogP contribution < -0.4 is 10.1 Å². The molecule has 1 aliphatic rings. The molecule has 0 radical (unpaired) electrons. The van der Waals surface area contributed by atoms with Crippen molar-refractivity contribution in [1.29, 1.82) is 0 Å². The van der Waals surface area contributed by atoms with Crippen molar-refractivity contribution in [3.63, 3.8) is 0 Å². The number of benzene rings is 1. The van der Waals surface area contributed by atoms with Gasteiger partial charge in [-0.1, -0.05) is 6.07 Å². The smallest absolute Gasteiger partial charge is 0.125 e. The molecule has 4 nitrogen and oxygen atoms in total. The molecule has 2 aromatic rings. The van der Waals surface area contributed by atoms with Crippen molar-refractivity contribution in [3.8, 4) is 5.75 Å². The summed E-state index contributed by atoms with van der Waals surface area (Å²) in [7, 11) is 1.71. The van der Waals surface area contributed by atoms with Crippen molar-refractivity contribution in [2.24, 2.45) is 0 Å². The number of aromatic nitrogens is 2. The third-order valence-electron chi connectivity index (χ3n) is 3.79. The lowest BCUT2D eigenvalue weighted by atomic mass is 10.1. The molecule has 3 rings (SSSR count). The molecular weight excluding hydrogens is 250 g/mol. The molecule has 0 spiro atoms. The SMILES string of the molecule is COc1ccc2c(c1)C(NCc1ccnc(C)n1)CC2. The zero-order chi connectivity index (χ0) is 13.9. The average Bonchev–Trinajstić information content (AvgIpc) is 2.87. The van der Waals surface area contributed by atoms with Crippen LogP contribution in [0.15, 0.2) is 30.5 Å². The molecule has 104 valence electrons. The van der Waals surface area contributed by atoms with E-state index in [1.54, 1.807) is 7.11 Å². The first-order valence-corrected chi connectivity index (χ1v) is 6.95. The summed E-state index contributed by atoms with van der Waals surface area (Å²) in [5.41, 5.74) is 3.81. The Kier molecular flexibility index (Phi) is 3.65. The summed E-state index contributed by atoms with van der Waals surface area (Å²) in [6, 6.07) is 8.70. The Bertz CT molecular complexity index is 612. The van der Waals surface area contributed by atoms with Gasteiger partial charge in [0.1, 0.15) is 11.6 Å². The first-order chi connectivity index (χ1) is 9.76. The van der Waals surface area contributed by atoms with Gasteiger partial charge in [0, 0.05) is 18.8 Å². The largest absolute Gasteiger partial charge is 0.497 e. The normalized spacial score (nSPS) is 17.0. The van der Waals surface area contributed by atoms with E-state index in [2.05, 4.69) is 27.4 Å². The molecule has 1 atom stereocenters. The van der Waals surface area contributed by atoms with E-state index in [4.69, 9.17) is 4.74 Å². The van der Waals surface area contributed by atoms with Gasteiger partial charge in [-0.25, -0.2) is 9.97 Å². The van der Waals surface area contributed by atoms with Gasteiger partial charge >= 0.3 is 0 Å². The van der Waals surface area contributed by atoms with Crippen molar-refractivity contribution in [2.45, 2.75) is 32.4 Å². The van der Waals surface area contributed by atoms with Gasteiger partial charge in [-0.2, -0.15) is 0 Å². The number of nitrogens with zero attached hydrogens (tertiary/aromatic N) is 2. The minimum Gasteiger partial charge on any atom is -0.497 e. The third-order valence-corrected chi connectivity index (χ3v) is 3.79. The number of ether oxygens (including phenoxy) is 1. The van der Waals surface area contributed by atoms with Crippen molar-refractivity contribution in [3.05, 3.63) is 53.1 Å². The maximum atomic E-state index is 5.32. The standard InChI is InChI=1S/C16H19N3O/c1-11-17-8-7-13(19-11)10-18-16-6-4-12-3-5-14(20-2)9-15(12)16/h3,5,7-9,16,18H,4,6,10H2,1-2H3. The van der Waals surface area contributed by atoms with Gasteiger partial charge in [0.15, 0.2) is 0 Å². The Morgan fingerprint density at radius 3 is 3.05 bits per heavy atom. The molecule has 0 fully saturated rings. The van der Waals surface area contributed by atoms with E-state index in [0.29, 0.717) is 6.04 Å². The number of hydrogen-bond donors (Lipinski definition) is 1. The topological polar surface area (TPSA) is 47.0 Å². The van der Waals surface area contributed by atoms with Crippen LogP contribution in [-0.2, 0) is 13.0 Å². The number of rotatable bonds is 4. The van der Waals surface area contributed by atoms with Crippen LogP contribution in [0.1, 0.15) is 35.1 Å². The summed E-state index contributed by atoms with van der Waals surface area (Å²) in [6.07, 6.45) is 4.07. The number of hydrogen-bond acceptors (Lipinski definition) is 4. The predicted molar refractivity (Wildman–Crippen MR) is 77.7 cm³/mol. The number of aryl methyl sites for hydroxylation is 2. The molecule has 1 aliphatic carbocycles. The van der Waals surface area contributed by atoms with Crippen molar-refractivity contribution in [2.75, 3.05) is 7.11 Å². The molecule has 0 aliphatic heterocycles. The van der Waals surface area contributed by atoms with E-state index in [-0.39, 0.29) is 0 Å². The van der Waals surface area contributed by atoms with Crippen LogP contribution in [0.5, 0.6) is 5.75 Å². The summed E-state index contributed by atoms with van der Waals surface area (Å²) in [5, 5.41) is 3.59. The zero-order valence-corrected chi connectivity index (χ0v) is 11.9. The third kappa shape index (κ3) is 2.65. The summed E-state index contributed by atoms with van der Waals surface area (Å²) in [6.45, 7) is 2.68. The van der Waals surface area contributed by atoms with Crippen LogP contribution in [0.2, 0.25) is 0 Å². The molecular formula is C16H19N3O. The highest BCUT2D eigenvalue weighted by Crippen LogP contribution is 2.33. The van der Waals surface area contributed by atoms with E-state index >= 15 is 0 Å². The van der Waals surface area contributed by atoms with Gasteiger partial charge in [0.05, 0.1) is 12.8 Å². The molecule has 1 aromatic carbocycles. The second-order valence-corrected chi connectivity index (χ2v) is 5.13. The van der Waals surface area contributed by atoms with Crippen LogP contribution in [0.3, 0.4) is 0 Å². The van der Waals surface area contributed by atoms with E-state index < -0.39 is 0 Å². The van der Waals surface area contributed by atoms with Crippen molar-refractivity contribution in [1.82, 2.24) is 15.3 Å². The highest BCUT2D eigenvalue weighted by Gasteiger charge is 2.22. The van der Waals surface area contributed by atoms with Gasteiger partial charge < -0.3 is 10.1 Å². The molecule has 0 saturated carbocycles. The van der Waals surface area contributed by atoms with E-state index in [1.807, 2.05) is 25.3 Å². The first-order valence-electron chi connectivity index (χ1n) is 6.95. The fraction of sp³-hybridized carbons (Fsp3) is 0.375. The van der Waals surface area contributed by atoms with Gasteiger partial charge in [-0.05, 0) is 49.1 Å². The summed E-state index contributed by atoms with van der Waals surface area (Å²) < 4.78 is 5.32. The van der Waals surface area contributed by atoms with Crippen LogP contribution in [0.25, 0.3) is 0 Å². The minimum absolute atomic E-state index is 0.385. The lowest BCUT2D eigenvalue weighted by Gasteiger charge is -2.14. The molecule has 4 heteroatoms. The Morgan fingerprint density at radius 1 is 1.35 bits per heavy atom. The average molecular weight is 269 g/mol. The maximum absolute atomic E-state index is 5.32. The Morgan fingerprint density at radius 2 is 2.25 bits per heavy atom. The zero-order valence-electron chi connectivity index (χ0n) is 11.9. The van der Waals surface area contributed by atoms with Gasteiger partial charge in [-0.3, -0.25) is 0 Å². The lowest BCUT2D eigenvalue weighted by molar-refractivity contribution is 0.413. The molecule has 0 amide bonds. The van der Waals surface area contributed by atoms with Crippen LogP contribution in [0, 0.1) is 6.92 Å². The molecule has 1 N–H and O–H groups in total. The van der Waals surface area contributed by atoms with E-state index in [0.717, 1.165) is 36.7 Å². The number of methoxy groups -OCH3 is 1. The van der Waals surface area contributed by atoms with Crippen LogP contribution in [-0.4, -0.2) is 17.1 Å². The molecule has 1 unspecified atom stereocenters. The minimum atomic E-state index is 0.385. The van der Waals surface area contributed by atoms with Gasteiger partial charge in [0.2, 0.25) is 0 Å². The van der Waals surface area contributed by atoms with E-state index in [9.17, 15) is 0 Å². The summed E-state index contributed by atoms with van der Waals surface area (Å²) >= 11 is 0. The fourth-order valence-electron chi connectivity index (χ4n) is 2.75. The van der Waals surface area contributed by atoms with Crippen molar-refractivity contribution >= 4 is 0 Å². The lowest BCUT2D eigenvalue weighted by Crippen LogP contribution is -2.19. The number of nitrogens with one attached hydrogen (secondary N) is 1. The summed E-state index contributed by atoms with van der Waals surface area (Å²) in [4.78, 5) is 8.55. The van der Waals surface area contributed by atoms with Crippen LogP contribution in [0.4, 0.5) is 0 Å². The maximum Gasteiger partial charge on any atom is 0.125 e. The summed E-state index contributed by atoms with van der Waals surface area (Å²) in [5.74, 6) is 1.74. The highest BCUT2D eigenvalue weighted by atomic mass is 16.5. The quantitative estimate of drug-likeness (QED) is 0.926. The number of fused-ring (bicyclic) bond motifs is 1. The van der Waals surface area contributed by atoms with Crippen molar-refractivity contribution < 1.29 is 4.74 Å². The monoisotopic (exact) mass is 269 g/mol. The first kappa shape index (κ1) is 13.1. The predicted octanol–water partition coefficient (Wildman–Crippen LogP) is 2.57. The Labute approximate surface area is 119 Å². The Hall–Kier alpha value is -1.94. The Balaban J connectivity index is 1.72. The highest BCUT2D eigenvalue weighted by molar-refractivity contribution is 5.40. The molecule has 0 saturated heterocycles. The molecule has 20 heavy (non-hydrogen) atoms. The molecule has 0 bridgehead atoms.